The van der Waals surface area contributed by atoms with Gasteiger partial charge in [0.25, 0.3) is 0 Å². The van der Waals surface area contributed by atoms with Crippen molar-refractivity contribution >= 4 is 17.3 Å². The number of rotatable bonds is 3. The zero-order chi connectivity index (χ0) is 14.0. The van der Waals surface area contributed by atoms with Crippen molar-refractivity contribution in [2.24, 2.45) is 0 Å². The predicted octanol–water partition coefficient (Wildman–Crippen LogP) is 0.802. The molecular formula is C13H18FN3O2. The summed E-state index contributed by atoms with van der Waals surface area (Å²) in [6.07, 6.45) is 0.268. The number of halogens is 1. The summed E-state index contributed by atoms with van der Waals surface area (Å²) in [7, 11) is 0. The maximum atomic E-state index is 13.5. The Kier molecular flexibility index (Phi) is 4.01. The second-order valence-electron chi connectivity index (χ2n) is 4.84. The number of aliphatic hydroxyl groups is 1. The third-order valence-electron chi connectivity index (χ3n) is 3.37. The molecule has 1 heterocycles. The molecule has 0 bridgehead atoms. The number of hydrogen-bond donors (Lipinski definition) is 3. The highest BCUT2D eigenvalue weighted by Crippen LogP contribution is 2.19. The zero-order valence-corrected chi connectivity index (χ0v) is 10.8. The van der Waals surface area contributed by atoms with E-state index in [9.17, 15) is 14.3 Å². The number of likely N-dealkylation sites (tertiary alicyclic amines) is 1. The molecule has 0 saturated carbocycles. The van der Waals surface area contributed by atoms with Crippen molar-refractivity contribution in [3.05, 3.63) is 24.0 Å². The van der Waals surface area contributed by atoms with E-state index >= 15 is 0 Å². The summed E-state index contributed by atoms with van der Waals surface area (Å²) in [5.74, 6) is -0.824. The van der Waals surface area contributed by atoms with Gasteiger partial charge in [0.2, 0.25) is 5.91 Å². The van der Waals surface area contributed by atoms with Gasteiger partial charge in [-0.1, -0.05) is 0 Å². The molecule has 4 N–H and O–H groups in total. The lowest BCUT2D eigenvalue weighted by Crippen LogP contribution is -2.41. The first-order valence-electron chi connectivity index (χ1n) is 6.25. The fourth-order valence-electron chi connectivity index (χ4n) is 2.16. The number of amides is 1. The van der Waals surface area contributed by atoms with Crippen molar-refractivity contribution in [2.45, 2.75) is 25.5 Å². The lowest BCUT2D eigenvalue weighted by atomic mass is 10.2. The smallest absolute Gasteiger partial charge is 0.241 e. The Morgan fingerprint density at radius 1 is 1.63 bits per heavy atom. The topological polar surface area (TPSA) is 78.6 Å². The number of hydrogen-bond acceptors (Lipinski definition) is 4. The maximum absolute atomic E-state index is 13.5. The van der Waals surface area contributed by atoms with E-state index in [-0.39, 0.29) is 17.7 Å². The van der Waals surface area contributed by atoms with Gasteiger partial charge in [0.1, 0.15) is 5.82 Å². The van der Waals surface area contributed by atoms with Gasteiger partial charge in [-0.25, -0.2) is 4.39 Å². The van der Waals surface area contributed by atoms with E-state index in [1.807, 2.05) is 4.90 Å². The monoisotopic (exact) mass is 267 g/mol. The molecule has 6 heteroatoms. The normalized spacial score (nSPS) is 21.3. The summed E-state index contributed by atoms with van der Waals surface area (Å²) in [5, 5.41) is 12.0. The summed E-state index contributed by atoms with van der Waals surface area (Å²) in [6.45, 7) is 2.86. The minimum absolute atomic E-state index is 0.0802. The number of carbonyl (C=O) groups is 1. The van der Waals surface area contributed by atoms with E-state index < -0.39 is 11.9 Å². The van der Waals surface area contributed by atoms with Crippen LogP contribution in [-0.4, -0.2) is 41.1 Å². The van der Waals surface area contributed by atoms with Crippen molar-refractivity contribution in [1.29, 1.82) is 0 Å². The van der Waals surface area contributed by atoms with Crippen LogP contribution in [0.1, 0.15) is 13.3 Å². The summed E-state index contributed by atoms with van der Waals surface area (Å²) >= 11 is 0. The fourth-order valence-corrected chi connectivity index (χ4v) is 2.16. The molecule has 1 fully saturated rings. The molecule has 0 aliphatic carbocycles. The maximum Gasteiger partial charge on any atom is 0.241 e. The van der Waals surface area contributed by atoms with Crippen LogP contribution in [0.3, 0.4) is 0 Å². The summed E-state index contributed by atoms with van der Waals surface area (Å²) in [4.78, 5) is 13.9. The molecule has 1 aliphatic rings. The van der Waals surface area contributed by atoms with Gasteiger partial charge in [0.15, 0.2) is 0 Å². The molecule has 5 nitrogen and oxygen atoms in total. The lowest BCUT2D eigenvalue weighted by Gasteiger charge is -2.23. The van der Waals surface area contributed by atoms with E-state index in [1.165, 1.54) is 18.2 Å². The van der Waals surface area contributed by atoms with Crippen LogP contribution in [0, 0.1) is 5.82 Å². The molecule has 0 spiro atoms. The first-order chi connectivity index (χ1) is 8.97. The number of nitrogens with one attached hydrogen (secondary N) is 1. The number of anilines is 2. The first-order valence-corrected chi connectivity index (χ1v) is 6.25. The highest BCUT2D eigenvalue weighted by atomic mass is 19.1. The molecule has 1 aromatic carbocycles. The minimum atomic E-state index is -0.517. The molecule has 2 atom stereocenters. The van der Waals surface area contributed by atoms with Crippen LogP contribution in [0.15, 0.2) is 18.2 Å². The van der Waals surface area contributed by atoms with Gasteiger partial charge >= 0.3 is 0 Å². The van der Waals surface area contributed by atoms with Crippen molar-refractivity contribution in [3.63, 3.8) is 0 Å². The van der Waals surface area contributed by atoms with Crippen molar-refractivity contribution in [2.75, 3.05) is 24.1 Å². The molecule has 2 rings (SSSR count). The number of nitrogens with zero attached hydrogens (tertiary/aromatic N) is 1. The summed E-state index contributed by atoms with van der Waals surface area (Å²) in [6, 6.07) is 3.62. The van der Waals surface area contributed by atoms with Gasteiger partial charge < -0.3 is 16.2 Å². The van der Waals surface area contributed by atoms with E-state index in [0.717, 1.165) is 0 Å². The first kappa shape index (κ1) is 13.8. The van der Waals surface area contributed by atoms with E-state index in [0.29, 0.717) is 25.2 Å². The van der Waals surface area contributed by atoms with Crippen LogP contribution in [-0.2, 0) is 4.79 Å². The number of β-amino-alcohol motifs (C(OH)–C–C–N with tert-alkyl or cyclic N) is 1. The van der Waals surface area contributed by atoms with Gasteiger partial charge in [-0.05, 0) is 31.5 Å². The number of aliphatic hydroxyl groups excluding tert-OH is 1. The highest BCUT2D eigenvalue weighted by molar-refractivity contribution is 5.95. The Balaban J connectivity index is 2.02. The Morgan fingerprint density at radius 3 is 3.00 bits per heavy atom. The van der Waals surface area contributed by atoms with Crippen LogP contribution in [0.25, 0.3) is 0 Å². The highest BCUT2D eigenvalue weighted by Gasteiger charge is 2.28. The summed E-state index contributed by atoms with van der Waals surface area (Å²) in [5.41, 5.74) is 6.03. The standard InChI is InChI=1S/C13H18FN3O2/c1-8(17-5-4-10(18)7-17)13(19)16-12-6-9(15)2-3-11(12)14/h2-3,6,8,10,18H,4-5,7,15H2,1H3,(H,16,19). The average Bonchev–Trinajstić information content (AvgIpc) is 2.79. The molecule has 1 aliphatic heterocycles. The fraction of sp³-hybridized carbons (Fsp3) is 0.462. The third kappa shape index (κ3) is 3.21. The van der Waals surface area contributed by atoms with Gasteiger partial charge in [-0.2, -0.15) is 0 Å². The van der Waals surface area contributed by atoms with Crippen LogP contribution >= 0.6 is 0 Å². The lowest BCUT2D eigenvalue weighted by molar-refractivity contribution is -0.120. The zero-order valence-electron chi connectivity index (χ0n) is 10.8. The van der Waals surface area contributed by atoms with Crippen molar-refractivity contribution in [1.82, 2.24) is 4.90 Å². The summed E-state index contributed by atoms with van der Waals surface area (Å²) < 4.78 is 13.5. The molecule has 19 heavy (non-hydrogen) atoms. The predicted molar refractivity (Wildman–Crippen MR) is 71.1 cm³/mol. The second kappa shape index (κ2) is 5.54. The van der Waals surface area contributed by atoms with E-state index in [2.05, 4.69) is 5.32 Å². The van der Waals surface area contributed by atoms with Crippen LogP contribution in [0.4, 0.5) is 15.8 Å². The Bertz CT molecular complexity index is 481. The van der Waals surface area contributed by atoms with Gasteiger partial charge in [-0.15, -0.1) is 0 Å². The number of benzene rings is 1. The van der Waals surface area contributed by atoms with Gasteiger partial charge in [0, 0.05) is 18.8 Å². The molecule has 1 saturated heterocycles. The van der Waals surface area contributed by atoms with Crippen LogP contribution < -0.4 is 11.1 Å². The quantitative estimate of drug-likeness (QED) is 0.708. The molecule has 0 aromatic heterocycles. The SMILES string of the molecule is CC(C(=O)Nc1cc(N)ccc1F)N1CCC(O)C1. The Labute approximate surface area is 111 Å². The van der Waals surface area contributed by atoms with E-state index in [4.69, 9.17) is 5.73 Å². The molecule has 2 unspecified atom stereocenters. The molecule has 1 amide bonds. The Hall–Kier alpha value is -1.66. The van der Waals surface area contributed by atoms with Gasteiger partial charge in [-0.3, -0.25) is 9.69 Å². The molecule has 0 radical (unpaired) electrons. The number of carbonyl (C=O) groups excluding carboxylic acids is 1. The second-order valence-corrected chi connectivity index (χ2v) is 4.84. The van der Waals surface area contributed by atoms with Gasteiger partial charge in [0.05, 0.1) is 17.8 Å². The van der Waals surface area contributed by atoms with E-state index in [1.54, 1.807) is 6.92 Å². The Morgan fingerprint density at radius 2 is 2.37 bits per heavy atom. The molecule has 104 valence electrons. The molecular weight excluding hydrogens is 249 g/mol. The third-order valence-corrected chi connectivity index (χ3v) is 3.37. The van der Waals surface area contributed by atoms with Crippen LogP contribution in [0.2, 0.25) is 0 Å². The van der Waals surface area contributed by atoms with Crippen LogP contribution in [0.5, 0.6) is 0 Å². The number of nitrogens with two attached hydrogens (primary N) is 1. The largest absolute Gasteiger partial charge is 0.399 e. The number of nitrogen functional groups attached to an aromatic ring is 1. The van der Waals surface area contributed by atoms with Crippen molar-refractivity contribution in [3.8, 4) is 0 Å². The average molecular weight is 267 g/mol. The molecule has 1 aromatic rings. The van der Waals surface area contributed by atoms with Crippen molar-refractivity contribution < 1.29 is 14.3 Å². The minimum Gasteiger partial charge on any atom is -0.399 e.